The molecule has 4 nitrogen and oxygen atoms in total. The topological polar surface area (TPSA) is 51.1 Å². The summed E-state index contributed by atoms with van der Waals surface area (Å²) < 4.78 is 28.5. The monoisotopic (exact) mass is 280 g/mol. The summed E-state index contributed by atoms with van der Waals surface area (Å²) in [5.41, 5.74) is 0. The van der Waals surface area contributed by atoms with E-state index in [1.807, 2.05) is 49.9 Å². The largest absolute Gasteiger partial charge is 0.351 e. The van der Waals surface area contributed by atoms with Gasteiger partial charge >= 0.3 is 0 Å². The Morgan fingerprint density at radius 2 is 2.05 bits per heavy atom. The van der Waals surface area contributed by atoms with Crippen molar-refractivity contribution >= 4 is 22.2 Å². The predicted octanol–water partition coefficient (Wildman–Crippen LogP) is 0.242. The third-order valence-electron chi connectivity index (χ3n) is 3.25. The number of aryl methyl sites for hydroxylation is 1. The zero-order chi connectivity index (χ0) is 14.3. The van der Waals surface area contributed by atoms with Crippen LogP contribution in [-0.2, 0) is 17.1 Å². The maximum Gasteiger partial charge on any atom is 0.224 e. The molecular weight excluding hydrogens is 260 g/mol. The molecule has 1 unspecified atom stereocenters. The SMILES string of the molecule is CC(C)NS(=O)(=O)C1(C)C=CC=c2c(ccn2C)=C1. The molecule has 2 rings (SSSR count). The van der Waals surface area contributed by atoms with E-state index in [4.69, 9.17) is 0 Å². The summed E-state index contributed by atoms with van der Waals surface area (Å²) >= 11 is 0. The van der Waals surface area contributed by atoms with E-state index in [9.17, 15) is 8.42 Å². The first-order valence-electron chi connectivity index (χ1n) is 6.31. The minimum Gasteiger partial charge on any atom is -0.351 e. The van der Waals surface area contributed by atoms with Crippen LogP contribution in [0.2, 0.25) is 0 Å². The van der Waals surface area contributed by atoms with Crippen molar-refractivity contribution in [1.29, 1.82) is 0 Å². The van der Waals surface area contributed by atoms with Crippen LogP contribution < -0.4 is 15.3 Å². The smallest absolute Gasteiger partial charge is 0.224 e. The van der Waals surface area contributed by atoms with Gasteiger partial charge in [0.05, 0.1) is 0 Å². The molecule has 104 valence electrons. The molecule has 1 N–H and O–H groups in total. The maximum atomic E-state index is 12.5. The number of hydrogen-bond acceptors (Lipinski definition) is 2. The maximum absolute atomic E-state index is 12.5. The van der Waals surface area contributed by atoms with Crippen molar-refractivity contribution in [3.05, 3.63) is 35.0 Å². The van der Waals surface area contributed by atoms with E-state index in [2.05, 4.69) is 4.72 Å². The van der Waals surface area contributed by atoms with E-state index in [1.165, 1.54) is 0 Å². The Kier molecular flexibility index (Phi) is 3.45. The van der Waals surface area contributed by atoms with Gasteiger partial charge in [-0.25, -0.2) is 13.1 Å². The fraction of sp³-hybridized carbons (Fsp3) is 0.429. The number of fused-ring (bicyclic) bond motifs is 1. The molecule has 0 saturated heterocycles. The van der Waals surface area contributed by atoms with Crippen LogP contribution in [0.1, 0.15) is 20.8 Å². The van der Waals surface area contributed by atoms with Crippen LogP contribution in [0.4, 0.5) is 0 Å². The third kappa shape index (κ3) is 2.53. The lowest BCUT2D eigenvalue weighted by atomic mass is 10.1. The standard InChI is InChI=1S/C14H20N2O2S/c1-11(2)15-19(17,18)14(3)8-5-6-13-12(10-14)7-9-16(13)4/h5-11,15H,1-4H3. The van der Waals surface area contributed by atoms with Crippen LogP contribution >= 0.6 is 0 Å². The van der Waals surface area contributed by atoms with Crippen LogP contribution in [0.5, 0.6) is 0 Å². The molecular formula is C14H20N2O2S. The molecule has 0 spiro atoms. The molecule has 0 aliphatic heterocycles. The first-order valence-corrected chi connectivity index (χ1v) is 7.79. The van der Waals surface area contributed by atoms with Gasteiger partial charge in [0.25, 0.3) is 0 Å². The lowest BCUT2D eigenvalue weighted by Gasteiger charge is -2.23. The molecule has 1 atom stereocenters. The second-order valence-corrected chi connectivity index (χ2v) is 7.52. The molecule has 0 bridgehead atoms. The highest BCUT2D eigenvalue weighted by atomic mass is 32.2. The van der Waals surface area contributed by atoms with Gasteiger partial charge in [-0.15, -0.1) is 0 Å². The first kappa shape index (κ1) is 14.1. The summed E-state index contributed by atoms with van der Waals surface area (Å²) in [6, 6.07) is 1.81. The highest BCUT2D eigenvalue weighted by molar-refractivity contribution is 7.91. The second-order valence-electron chi connectivity index (χ2n) is 5.40. The summed E-state index contributed by atoms with van der Waals surface area (Å²) in [6.45, 7) is 5.35. The zero-order valence-corrected chi connectivity index (χ0v) is 12.5. The number of allylic oxidation sites excluding steroid dienone is 1. The van der Waals surface area contributed by atoms with Crippen molar-refractivity contribution < 1.29 is 8.42 Å². The van der Waals surface area contributed by atoms with E-state index < -0.39 is 14.8 Å². The van der Waals surface area contributed by atoms with Crippen molar-refractivity contribution in [2.24, 2.45) is 7.05 Å². The summed E-state index contributed by atoms with van der Waals surface area (Å²) in [5, 5.41) is 1.95. The minimum atomic E-state index is -3.46. The Labute approximate surface area is 114 Å². The van der Waals surface area contributed by atoms with Crippen molar-refractivity contribution in [3.63, 3.8) is 0 Å². The van der Waals surface area contributed by atoms with Gasteiger partial charge in [-0.05, 0) is 44.2 Å². The lowest BCUT2D eigenvalue weighted by molar-refractivity contribution is 0.556. The van der Waals surface area contributed by atoms with Crippen LogP contribution in [0.3, 0.4) is 0 Å². The van der Waals surface area contributed by atoms with Crippen molar-refractivity contribution in [2.45, 2.75) is 31.6 Å². The number of nitrogens with zero attached hydrogens (tertiary/aromatic N) is 1. The van der Waals surface area contributed by atoms with E-state index in [-0.39, 0.29) is 6.04 Å². The number of hydrogen-bond donors (Lipinski definition) is 1. The zero-order valence-electron chi connectivity index (χ0n) is 11.7. The molecule has 0 fully saturated rings. The van der Waals surface area contributed by atoms with Gasteiger partial charge in [0.15, 0.2) is 0 Å². The molecule has 1 aliphatic rings. The Hall–Kier alpha value is -1.33. The molecule has 19 heavy (non-hydrogen) atoms. The molecule has 1 aliphatic carbocycles. The molecule has 5 heteroatoms. The lowest BCUT2D eigenvalue weighted by Crippen LogP contribution is -2.45. The van der Waals surface area contributed by atoms with Gasteiger partial charge in [-0.2, -0.15) is 0 Å². The van der Waals surface area contributed by atoms with E-state index in [0.29, 0.717) is 0 Å². The molecule has 1 aromatic heterocycles. The normalized spacial score (nSPS) is 22.6. The third-order valence-corrected chi connectivity index (χ3v) is 5.44. The number of aromatic nitrogens is 1. The molecule has 0 aromatic carbocycles. The van der Waals surface area contributed by atoms with Gasteiger partial charge in [-0.3, -0.25) is 0 Å². The van der Waals surface area contributed by atoms with Crippen molar-refractivity contribution in [3.8, 4) is 0 Å². The molecule has 1 aromatic rings. The van der Waals surface area contributed by atoms with Gasteiger partial charge in [0, 0.05) is 24.6 Å². The number of rotatable bonds is 3. The molecule has 1 heterocycles. The summed E-state index contributed by atoms with van der Waals surface area (Å²) in [5.74, 6) is 0. The minimum absolute atomic E-state index is 0.119. The van der Waals surface area contributed by atoms with Crippen LogP contribution in [0.25, 0.3) is 12.2 Å². The second kappa shape index (κ2) is 4.65. The Bertz CT molecular complexity index is 726. The highest BCUT2D eigenvalue weighted by Gasteiger charge is 2.35. The predicted molar refractivity (Wildman–Crippen MR) is 78.3 cm³/mol. The molecule has 0 saturated carbocycles. The first-order chi connectivity index (χ1) is 8.75. The van der Waals surface area contributed by atoms with Crippen LogP contribution in [-0.4, -0.2) is 23.8 Å². The van der Waals surface area contributed by atoms with Crippen LogP contribution in [0, 0.1) is 0 Å². The molecule has 0 amide bonds. The van der Waals surface area contributed by atoms with E-state index in [0.717, 1.165) is 10.6 Å². The van der Waals surface area contributed by atoms with Gasteiger partial charge in [0.1, 0.15) is 4.75 Å². The average molecular weight is 280 g/mol. The van der Waals surface area contributed by atoms with Gasteiger partial charge in [-0.1, -0.05) is 12.2 Å². The fourth-order valence-corrected chi connectivity index (χ4v) is 3.60. The van der Waals surface area contributed by atoms with E-state index >= 15 is 0 Å². The molecule has 0 radical (unpaired) electrons. The Morgan fingerprint density at radius 3 is 2.68 bits per heavy atom. The van der Waals surface area contributed by atoms with E-state index in [1.54, 1.807) is 19.1 Å². The Morgan fingerprint density at radius 1 is 1.37 bits per heavy atom. The number of nitrogens with one attached hydrogen (secondary N) is 1. The van der Waals surface area contributed by atoms with Crippen molar-refractivity contribution in [2.75, 3.05) is 0 Å². The summed E-state index contributed by atoms with van der Waals surface area (Å²) in [7, 11) is -1.52. The van der Waals surface area contributed by atoms with Crippen molar-refractivity contribution in [1.82, 2.24) is 9.29 Å². The summed E-state index contributed by atoms with van der Waals surface area (Å²) in [4.78, 5) is 0. The van der Waals surface area contributed by atoms with Crippen LogP contribution in [0.15, 0.2) is 24.4 Å². The quantitative estimate of drug-likeness (QED) is 0.862. The summed E-state index contributed by atoms with van der Waals surface area (Å²) in [6.07, 6.45) is 9.19. The average Bonchev–Trinajstić information content (AvgIpc) is 2.51. The fourth-order valence-electron chi connectivity index (χ4n) is 2.19. The highest BCUT2D eigenvalue weighted by Crippen LogP contribution is 2.21. The Balaban J connectivity index is 2.61. The van der Waals surface area contributed by atoms with Gasteiger partial charge in [0.2, 0.25) is 10.0 Å². The number of sulfonamides is 1. The van der Waals surface area contributed by atoms with Gasteiger partial charge < -0.3 is 4.57 Å².